The van der Waals surface area contributed by atoms with E-state index in [1.54, 1.807) is 13.8 Å². The van der Waals surface area contributed by atoms with Gasteiger partial charge in [-0.25, -0.2) is 4.79 Å². The third-order valence-corrected chi connectivity index (χ3v) is 3.43. The smallest absolute Gasteiger partial charge is 0.315 e. The van der Waals surface area contributed by atoms with Gasteiger partial charge in [0.05, 0.1) is 17.7 Å². The molecule has 104 valence electrons. The zero-order valence-electron chi connectivity index (χ0n) is 11.4. The summed E-state index contributed by atoms with van der Waals surface area (Å²) in [5, 5.41) is 14.9. The molecule has 1 fully saturated rings. The van der Waals surface area contributed by atoms with Crippen molar-refractivity contribution >= 4 is 11.7 Å². The topological polar surface area (TPSA) is 87.4 Å². The summed E-state index contributed by atoms with van der Waals surface area (Å²) in [6.07, 6.45) is 1.77. The van der Waals surface area contributed by atoms with E-state index in [1.165, 1.54) is 0 Å². The number of para-hydroxylation sites is 1. The molecule has 0 spiro atoms. The zero-order valence-corrected chi connectivity index (χ0v) is 11.4. The number of hydrogen-bond donors (Lipinski definition) is 4. The summed E-state index contributed by atoms with van der Waals surface area (Å²) in [4.78, 5) is 12.0. The zero-order chi connectivity index (χ0) is 14.1. The summed E-state index contributed by atoms with van der Waals surface area (Å²) in [6, 6.07) is 7.30. The Hall–Kier alpha value is -1.75. The standard InChI is InChI=1S/C14H21N3O2/c1-13(2,9-18)16-12(19)17-14(7-8-14)10-5-3-4-6-11(10)15/h3-6,18H,7-9,15H2,1-2H3,(H2,16,17,19). The highest BCUT2D eigenvalue weighted by molar-refractivity contribution is 5.77. The maximum absolute atomic E-state index is 12.0. The maximum atomic E-state index is 12.0. The molecule has 0 atom stereocenters. The van der Waals surface area contributed by atoms with Crippen LogP contribution in [0.3, 0.4) is 0 Å². The summed E-state index contributed by atoms with van der Waals surface area (Å²) in [7, 11) is 0. The van der Waals surface area contributed by atoms with Gasteiger partial charge in [-0.1, -0.05) is 18.2 Å². The minimum absolute atomic E-state index is 0.110. The van der Waals surface area contributed by atoms with Crippen LogP contribution >= 0.6 is 0 Å². The fourth-order valence-electron chi connectivity index (χ4n) is 2.11. The van der Waals surface area contributed by atoms with Crippen LogP contribution in [-0.4, -0.2) is 23.3 Å². The molecule has 1 aliphatic rings. The number of hydrogen-bond acceptors (Lipinski definition) is 3. The summed E-state index contributed by atoms with van der Waals surface area (Å²) in [5.74, 6) is 0. The van der Waals surface area contributed by atoms with E-state index < -0.39 is 5.54 Å². The van der Waals surface area contributed by atoms with Gasteiger partial charge in [0.25, 0.3) is 0 Å². The minimum Gasteiger partial charge on any atom is -0.398 e. The minimum atomic E-state index is -0.637. The number of benzene rings is 1. The Morgan fingerprint density at radius 1 is 1.42 bits per heavy atom. The first-order chi connectivity index (χ1) is 8.88. The number of aliphatic hydroxyl groups is 1. The summed E-state index contributed by atoms with van der Waals surface area (Å²) in [5.41, 5.74) is 6.64. The van der Waals surface area contributed by atoms with Crippen LogP contribution in [0.15, 0.2) is 24.3 Å². The molecule has 1 aliphatic carbocycles. The van der Waals surface area contributed by atoms with Gasteiger partial charge < -0.3 is 21.5 Å². The molecule has 0 radical (unpaired) electrons. The highest BCUT2D eigenvalue weighted by Gasteiger charge is 2.47. The van der Waals surface area contributed by atoms with Crippen LogP contribution in [0.25, 0.3) is 0 Å². The number of anilines is 1. The third kappa shape index (κ3) is 2.98. The molecule has 1 saturated carbocycles. The van der Waals surface area contributed by atoms with Crippen molar-refractivity contribution in [3.05, 3.63) is 29.8 Å². The normalized spacial score (nSPS) is 16.8. The van der Waals surface area contributed by atoms with Gasteiger partial charge in [0, 0.05) is 11.3 Å². The van der Waals surface area contributed by atoms with Crippen LogP contribution in [0.4, 0.5) is 10.5 Å². The Bertz CT molecular complexity index is 481. The molecule has 0 heterocycles. The molecular formula is C14H21N3O2. The van der Waals surface area contributed by atoms with Crippen molar-refractivity contribution in [3.63, 3.8) is 0 Å². The monoisotopic (exact) mass is 263 g/mol. The van der Waals surface area contributed by atoms with E-state index in [-0.39, 0.29) is 18.2 Å². The van der Waals surface area contributed by atoms with Crippen molar-refractivity contribution in [2.75, 3.05) is 12.3 Å². The van der Waals surface area contributed by atoms with Crippen molar-refractivity contribution < 1.29 is 9.90 Å². The van der Waals surface area contributed by atoms with E-state index in [2.05, 4.69) is 10.6 Å². The van der Waals surface area contributed by atoms with Gasteiger partial charge in [0.15, 0.2) is 0 Å². The first-order valence-corrected chi connectivity index (χ1v) is 6.45. The number of nitrogens with two attached hydrogens (primary N) is 1. The SMILES string of the molecule is CC(C)(CO)NC(=O)NC1(c2ccccc2N)CC1. The number of nitrogens with one attached hydrogen (secondary N) is 2. The number of rotatable bonds is 4. The van der Waals surface area contributed by atoms with Crippen LogP contribution in [-0.2, 0) is 5.54 Å². The van der Waals surface area contributed by atoms with E-state index >= 15 is 0 Å². The molecule has 0 saturated heterocycles. The van der Waals surface area contributed by atoms with Crippen molar-refractivity contribution in [1.82, 2.24) is 10.6 Å². The molecule has 0 bridgehead atoms. The first kappa shape index (κ1) is 13.7. The van der Waals surface area contributed by atoms with Gasteiger partial charge in [-0.05, 0) is 32.8 Å². The van der Waals surface area contributed by atoms with Crippen molar-refractivity contribution in [3.8, 4) is 0 Å². The molecule has 5 heteroatoms. The van der Waals surface area contributed by atoms with Gasteiger partial charge in [0.2, 0.25) is 0 Å². The van der Waals surface area contributed by atoms with Crippen LogP contribution in [0.2, 0.25) is 0 Å². The molecule has 0 aliphatic heterocycles. The first-order valence-electron chi connectivity index (χ1n) is 6.45. The lowest BCUT2D eigenvalue weighted by atomic mass is 10.0. The molecule has 1 aromatic rings. The van der Waals surface area contributed by atoms with Crippen LogP contribution in [0.1, 0.15) is 32.3 Å². The molecule has 2 rings (SSSR count). The van der Waals surface area contributed by atoms with Crippen molar-refractivity contribution in [2.24, 2.45) is 0 Å². The molecule has 0 aromatic heterocycles. The van der Waals surface area contributed by atoms with Crippen LogP contribution < -0.4 is 16.4 Å². The molecular weight excluding hydrogens is 242 g/mol. The van der Waals surface area contributed by atoms with E-state index in [4.69, 9.17) is 10.8 Å². The number of carbonyl (C=O) groups excluding carboxylic acids is 1. The highest BCUT2D eigenvalue weighted by Crippen LogP contribution is 2.47. The molecule has 2 amide bonds. The van der Waals surface area contributed by atoms with Crippen LogP contribution in [0.5, 0.6) is 0 Å². The fourth-order valence-corrected chi connectivity index (χ4v) is 2.11. The Balaban J connectivity index is 2.07. The van der Waals surface area contributed by atoms with E-state index in [0.29, 0.717) is 5.69 Å². The second kappa shape index (κ2) is 4.74. The fraction of sp³-hybridized carbons (Fsp3) is 0.500. The van der Waals surface area contributed by atoms with Crippen LogP contribution in [0, 0.1) is 0 Å². The predicted molar refractivity (Wildman–Crippen MR) is 74.6 cm³/mol. The lowest BCUT2D eigenvalue weighted by Gasteiger charge is -2.26. The number of urea groups is 1. The Labute approximate surface area is 113 Å². The lowest BCUT2D eigenvalue weighted by Crippen LogP contribution is -2.52. The molecule has 5 nitrogen and oxygen atoms in total. The van der Waals surface area contributed by atoms with E-state index in [0.717, 1.165) is 18.4 Å². The second-order valence-corrected chi connectivity index (χ2v) is 5.79. The Morgan fingerprint density at radius 3 is 2.58 bits per heavy atom. The average molecular weight is 263 g/mol. The van der Waals surface area contributed by atoms with Gasteiger partial charge in [-0.2, -0.15) is 0 Å². The Kier molecular flexibility index (Phi) is 3.41. The Morgan fingerprint density at radius 2 is 2.05 bits per heavy atom. The summed E-state index contributed by atoms with van der Waals surface area (Å²) < 4.78 is 0. The number of aliphatic hydroxyl groups excluding tert-OH is 1. The van der Waals surface area contributed by atoms with Crippen molar-refractivity contribution in [1.29, 1.82) is 0 Å². The van der Waals surface area contributed by atoms with E-state index in [1.807, 2.05) is 24.3 Å². The van der Waals surface area contributed by atoms with Crippen molar-refractivity contribution in [2.45, 2.75) is 37.8 Å². The average Bonchev–Trinajstić information content (AvgIpc) is 3.09. The largest absolute Gasteiger partial charge is 0.398 e. The number of amides is 2. The second-order valence-electron chi connectivity index (χ2n) is 5.79. The molecule has 0 unspecified atom stereocenters. The number of nitrogen functional groups attached to an aromatic ring is 1. The van der Waals surface area contributed by atoms with Gasteiger partial charge in [-0.15, -0.1) is 0 Å². The third-order valence-electron chi connectivity index (χ3n) is 3.43. The van der Waals surface area contributed by atoms with Gasteiger partial charge >= 0.3 is 6.03 Å². The van der Waals surface area contributed by atoms with Gasteiger partial charge in [0.1, 0.15) is 0 Å². The maximum Gasteiger partial charge on any atom is 0.315 e. The van der Waals surface area contributed by atoms with Gasteiger partial charge in [-0.3, -0.25) is 0 Å². The summed E-state index contributed by atoms with van der Waals surface area (Å²) in [6.45, 7) is 3.42. The molecule has 5 N–H and O–H groups in total. The lowest BCUT2D eigenvalue weighted by molar-refractivity contribution is 0.180. The molecule has 19 heavy (non-hydrogen) atoms. The highest BCUT2D eigenvalue weighted by atomic mass is 16.3. The molecule has 1 aromatic carbocycles. The summed E-state index contributed by atoms with van der Waals surface area (Å²) >= 11 is 0. The van der Waals surface area contributed by atoms with E-state index in [9.17, 15) is 4.79 Å². The predicted octanol–water partition coefficient (Wildman–Crippen LogP) is 1.33. The quantitative estimate of drug-likeness (QED) is 0.618. The number of carbonyl (C=O) groups is 1.